The number of methoxy groups -OCH3 is 1. The van der Waals surface area contributed by atoms with E-state index < -0.39 is 59.2 Å². The number of alkyl halides is 2. The number of benzene rings is 2. The fourth-order valence-electron chi connectivity index (χ4n) is 7.21. The Bertz CT molecular complexity index is 2130. The number of rotatable bonds is 10. The van der Waals surface area contributed by atoms with Crippen LogP contribution in [0.4, 0.5) is 23.4 Å². The van der Waals surface area contributed by atoms with Gasteiger partial charge in [0.05, 0.1) is 18.2 Å². The summed E-state index contributed by atoms with van der Waals surface area (Å²) in [6, 6.07) is 5.19. The topological polar surface area (TPSA) is 104 Å². The Balaban J connectivity index is 1.93. The summed E-state index contributed by atoms with van der Waals surface area (Å²) in [5.41, 5.74) is 3.51. The number of ether oxygens (including phenoxy) is 3. The molecule has 51 heavy (non-hydrogen) atoms. The third kappa shape index (κ3) is 7.10. The van der Waals surface area contributed by atoms with Gasteiger partial charge in [0.15, 0.2) is 12.6 Å². The van der Waals surface area contributed by atoms with Crippen LogP contribution in [-0.2, 0) is 14.6 Å². The van der Waals surface area contributed by atoms with Gasteiger partial charge < -0.3 is 19.1 Å². The zero-order chi connectivity index (χ0) is 37.6. The summed E-state index contributed by atoms with van der Waals surface area (Å²) >= 11 is 0. The van der Waals surface area contributed by atoms with Crippen molar-refractivity contribution >= 4 is 45.4 Å². The van der Waals surface area contributed by atoms with E-state index in [1.165, 1.54) is 25.3 Å². The lowest BCUT2D eigenvalue weighted by Crippen LogP contribution is -2.43. The zero-order valence-electron chi connectivity index (χ0n) is 30.1. The number of sulfone groups is 1. The molecular formula is C36H42F4N4O5SSi. The molecular weight excluding hydrogens is 705 g/mol. The van der Waals surface area contributed by atoms with Crippen molar-refractivity contribution in [3.63, 3.8) is 0 Å². The minimum absolute atomic E-state index is 0.0321. The number of pyridine rings is 1. The Morgan fingerprint density at radius 2 is 1.69 bits per heavy atom. The van der Waals surface area contributed by atoms with Crippen LogP contribution >= 0.6 is 0 Å². The van der Waals surface area contributed by atoms with Gasteiger partial charge in [-0.25, -0.2) is 40.9 Å². The van der Waals surface area contributed by atoms with Crippen molar-refractivity contribution in [1.82, 2.24) is 15.0 Å². The monoisotopic (exact) mass is 746 g/mol. The first-order chi connectivity index (χ1) is 23.9. The van der Waals surface area contributed by atoms with E-state index in [0.717, 1.165) is 11.2 Å². The van der Waals surface area contributed by atoms with Crippen molar-refractivity contribution in [2.75, 3.05) is 38.2 Å². The molecule has 274 valence electrons. The van der Waals surface area contributed by atoms with Gasteiger partial charge >= 0.3 is 0 Å². The second-order valence-electron chi connectivity index (χ2n) is 13.8. The van der Waals surface area contributed by atoms with Gasteiger partial charge in [-0.05, 0) is 47.1 Å². The summed E-state index contributed by atoms with van der Waals surface area (Å²) in [4.78, 5) is 13.9. The fourth-order valence-corrected chi connectivity index (χ4v) is 12.9. The van der Waals surface area contributed by atoms with Crippen LogP contribution < -0.4 is 14.4 Å². The molecule has 4 aromatic rings. The Hall–Kier alpha value is -4.00. The van der Waals surface area contributed by atoms with Gasteiger partial charge in [0.1, 0.15) is 48.7 Å². The third-order valence-electron chi connectivity index (χ3n) is 9.55. The molecule has 0 radical (unpaired) electrons. The van der Waals surface area contributed by atoms with Gasteiger partial charge in [0, 0.05) is 24.3 Å². The van der Waals surface area contributed by atoms with E-state index in [9.17, 15) is 17.2 Å². The average molecular weight is 747 g/mol. The van der Waals surface area contributed by atoms with Crippen LogP contribution in [0.25, 0.3) is 32.9 Å². The summed E-state index contributed by atoms with van der Waals surface area (Å²) < 4.78 is 103. The van der Waals surface area contributed by atoms with Crippen LogP contribution in [0.1, 0.15) is 54.0 Å². The van der Waals surface area contributed by atoms with Crippen molar-refractivity contribution in [3.8, 4) is 34.4 Å². The summed E-state index contributed by atoms with van der Waals surface area (Å²) in [6.45, 7) is 13.3. The van der Waals surface area contributed by atoms with Crippen LogP contribution in [0.3, 0.4) is 0 Å². The van der Waals surface area contributed by atoms with Crippen molar-refractivity contribution in [3.05, 3.63) is 41.5 Å². The van der Waals surface area contributed by atoms with E-state index in [0.29, 0.717) is 5.39 Å². The van der Waals surface area contributed by atoms with Gasteiger partial charge in [-0.2, -0.15) is 0 Å². The number of aromatic nitrogens is 3. The first-order valence-corrected chi connectivity index (χ1v) is 20.7. The average Bonchev–Trinajstić information content (AvgIpc) is 3.17. The minimum Gasteiger partial charge on any atom is -0.475 e. The SMILES string of the molecule is COCOc1cc(-c2nc3c4c(nc(S(C)(=O)=O)nc4c2F)N(CC(F)F)[C@@H](C)CO3)c2c(C#C[Si](C(C)C)(C(C)C)C(C)C)c(F)ccc2c1. The molecule has 0 amide bonds. The lowest BCUT2D eigenvalue weighted by molar-refractivity contribution is 0.0512. The summed E-state index contributed by atoms with van der Waals surface area (Å²) in [6.07, 6.45) is -2.00. The Morgan fingerprint density at radius 1 is 1.02 bits per heavy atom. The van der Waals surface area contributed by atoms with E-state index >= 15 is 8.78 Å². The molecule has 1 atom stereocenters. The summed E-state index contributed by atoms with van der Waals surface area (Å²) in [5.74, 6) is 1.26. The predicted molar refractivity (Wildman–Crippen MR) is 192 cm³/mol. The Morgan fingerprint density at radius 3 is 2.27 bits per heavy atom. The molecule has 0 unspecified atom stereocenters. The fraction of sp³-hybridized carbons (Fsp3) is 0.472. The maximum absolute atomic E-state index is 17.1. The lowest BCUT2D eigenvalue weighted by atomic mass is 9.95. The van der Waals surface area contributed by atoms with E-state index in [4.69, 9.17) is 14.2 Å². The maximum atomic E-state index is 17.1. The number of hydrogen-bond donors (Lipinski definition) is 0. The molecule has 2 aromatic carbocycles. The maximum Gasteiger partial charge on any atom is 0.255 e. The Kier molecular flexibility index (Phi) is 10.9. The van der Waals surface area contributed by atoms with E-state index in [1.807, 2.05) is 0 Å². The number of anilines is 1. The number of hydrogen-bond acceptors (Lipinski definition) is 9. The molecule has 5 rings (SSSR count). The van der Waals surface area contributed by atoms with E-state index in [2.05, 4.69) is 68.0 Å². The van der Waals surface area contributed by atoms with Gasteiger partial charge in [-0.1, -0.05) is 53.5 Å². The van der Waals surface area contributed by atoms with Gasteiger partial charge in [0.25, 0.3) is 6.43 Å². The molecule has 0 bridgehead atoms. The van der Waals surface area contributed by atoms with Gasteiger partial charge in [0.2, 0.25) is 20.9 Å². The third-order valence-corrected chi connectivity index (χ3v) is 16.7. The van der Waals surface area contributed by atoms with Crippen LogP contribution in [0.15, 0.2) is 29.4 Å². The predicted octanol–water partition coefficient (Wildman–Crippen LogP) is 7.93. The highest BCUT2D eigenvalue weighted by molar-refractivity contribution is 7.90. The standard InChI is InChI=1S/C36H42F4N4O5SSi/c1-19(2)51(20(3)4,21(5)6)13-12-25-27(37)11-10-23-14-24(49-18-47-8)15-26(29(23)25)32-31(40)33-30-34(43-36(42-33)50(9,45)46)44(16-28(38)39)22(7)17-48-35(30)41-32/h10-11,14-15,19-22,28H,16-18H2,1-9H3/t22-/m0/s1. The van der Waals surface area contributed by atoms with Gasteiger partial charge in [-0.15, -0.1) is 5.54 Å². The molecule has 0 saturated heterocycles. The van der Waals surface area contributed by atoms with E-state index in [1.54, 1.807) is 13.0 Å². The highest BCUT2D eigenvalue weighted by Crippen LogP contribution is 2.44. The molecule has 3 heterocycles. The first-order valence-electron chi connectivity index (χ1n) is 16.6. The molecule has 0 aliphatic carbocycles. The highest BCUT2D eigenvalue weighted by atomic mass is 32.2. The van der Waals surface area contributed by atoms with Gasteiger partial charge in [-0.3, -0.25) is 0 Å². The van der Waals surface area contributed by atoms with Crippen LogP contribution in [0, 0.1) is 23.1 Å². The molecule has 2 aromatic heterocycles. The van der Waals surface area contributed by atoms with Crippen molar-refractivity contribution in [2.24, 2.45) is 0 Å². The minimum atomic E-state index is -4.16. The molecule has 1 aliphatic rings. The second kappa shape index (κ2) is 14.6. The zero-order valence-corrected chi connectivity index (χ0v) is 31.9. The molecule has 9 nitrogen and oxygen atoms in total. The molecule has 15 heteroatoms. The largest absolute Gasteiger partial charge is 0.475 e. The van der Waals surface area contributed by atoms with Crippen molar-refractivity contribution in [2.45, 2.75) is 82.7 Å². The number of fused-ring (bicyclic) bond motifs is 1. The summed E-state index contributed by atoms with van der Waals surface area (Å²) in [5, 5.41) is -0.238. The molecule has 0 spiro atoms. The second-order valence-corrected chi connectivity index (χ2v) is 21.3. The smallest absolute Gasteiger partial charge is 0.255 e. The van der Waals surface area contributed by atoms with Crippen molar-refractivity contribution < 1.29 is 40.2 Å². The molecule has 0 N–H and O–H groups in total. The molecule has 1 aliphatic heterocycles. The van der Waals surface area contributed by atoms with Crippen LogP contribution in [0.2, 0.25) is 16.6 Å². The van der Waals surface area contributed by atoms with Crippen molar-refractivity contribution in [1.29, 1.82) is 0 Å². The quantitative estimate of drug-likeness (QED) is 0.0526. The lowest BCUT2D eigenvalue weighted by Gasteiger charge is -2.38. The highest BCUT2D eigenvalue weighted by Gasteiger charge is 2.42. The van der Waals surface area contributed by atoms with Crippen LogP contribution in [0.5, 0.6) is 11.6 Å². The molecule has 0 saturated carbocycles. The first kappa shape index (κ1) is 38.2. The summed E-state index contributed by atoms with van der Waals surface area (Å²) in [7, 11) is -5.10. The number of halogens is 4. The van der Waals surface area contributed by atoms with Crippen LogP contribution in [-0.4, -0.2) is 77.2 Å². The normalized spacial score (nSPS) is 15.2. The van der Waals surface area contributed by atoms with E-state index in [-0.39, 0.29) is 75.1 Å². The Labute approximate surface area is 296 Å². The number of nitrogens with zero attached hydrogens (tertiary/aromatic N) is 4. The molecule has 0 fully saturated rings.